The molecule has 1 aromatic carbocycles. The van der Waals surface area contributed by atoms with Crippen molar-refractivity contribution in [2.45, 2.75) is 32.5 Å². The van der Waals surface area contributed by atoms with Gasteiger partial charge < -0.3 is 9.84 Å². The summed E-state index contributed by atoms with van der Waals surface area (Å²) < 4.78 is 58.5. The first-order chi connectivity index (χ1) is 12.5. The Balaban J connectivity index is 2.60. The third kappa shape index (κ3) is 4.21. The third-order valence-corrected chi connectivity index (χ3v) is 3.97. The molecule has 11 heteroatoms. The highest BCUT2D eigenvalue weighted by atomic mass is 35.5. The zero-order valence-corrected chi connectivity index (χ0v) is 14.7. The molecule has 1 unspecified atom stereocenters. The first-order valence-electron chi connectivity index (χ1n) is 7.52. The first kappa shape index (κ1) is 20.7. The van der Waals surface area contributed by atoms with E-state index in [1.807, 2.05) is 0 Å². The lowest BCUT2D eigenvalue weighted by molar-refractivity contribution is -0.145. The number of nitrogens with zero attached hydrogens (tertiary/aromatic N) is 2. The first-order valence-corrected chi connectivity index (χ1v) is 7.90. The van der Waals surface area contributed by atoms with Gasteiger partial charge in [-0.05, 0) is 19.4 Å². The standard InChI is InChI=1S/C16H13ClF4N2O4/c1-3-12(15(25)26)27-13-5-11(10(18)4-9(13)17)23-14(24)7(2)8(6-22-23)16(19,20)21/h4-6,12H,3H2,1-2H3,(H,25,26). The molecular formula is C16H13ClF4N2O4. The zero-order chi connectivity index (χ0) is 20.5. The van der Waals surface area contributed by atoms with E-state index in [4.69, 9.17) is 21.4 Å². The summed E-state index contributed by atoms with van der Waals surface area (Å²) in [6.45, 7) is 2.47. The summed E-state index contributed by atoms with van der Waals surface area (Å²) in [5, 5.41) is 12.1. The minimum Gasteiger partial charge on any atom is -0.479 e. The molecule has 0 amide bonds. The van der Waals surface area contributed by atoms with E-state index in [2.05, 4.69) is 5.10 Å². The van der Waals surface area contributed by atoms with Crippen LogP contribution in [0.1, 0.15) is 24.5 Å². The van der Waals surface area contributed by atoms with Crippen molar-refractivity contribution in [1.82, 2.24) is 9.78 Å². The van der Waals surface area contributed by atoms with Gasteiger partial charge in [0.2, 0.25) is 0 Å². The fourth-order valence-corrected chi connectivity index (χ4v) is 2.42. The number of alkyl halides is 3. The normalized spacial score (nSPS) is 12.7. The summed E-state index contributed by atoms with van der Waals surface area (Å²) in [4.78, 5) is 23.3. The van der Waals surface area contributed by atoms with Crippen LogP contribution in [0.2, 0.25) is 5.02 Å². The van der Waals surface area contributed by atoms with Gasteiger partial charge in [0.05, 0.1) is 16.8 Å². The fourth-order valence-electron chi connectivity index (χ4n) is 2.23. The van der Waals surface area contributed by atoms with E-state index in [0.29, 0.717) is 10.9 Å². The van der Waals surface area contributed by atoms with Crippen molar-refractivity contribution in [2.75, 3.05) is 0 Å². The largest absolute Gasteiger partial charge is 0.479 e. The second kappa shape index (κ2) is 7.55. The summed E-state index contributed by atoms with van der Waals surface area (Å²) in [5.41, 5.74) is -3.64. The van der Waals surface area contributed by atoms with Gasteiger partial charge in [-0.3, -0.25) is 4.79 Å². The lowest BCUT2D eigenvalue weighted by atomic mass is 10.2. The number of rotatable bonds is 5. The quantitative estimate of drug-likeness (QED) is 0.765. The highest BCUT2D eigenvalue weighted by molar-refractivity contribution is 6.32. The van der Waals surface area contributed by atoms with Crippen LogP contribution >= 0.6 is 11.6 Å². The van der Waals surface area contributed by atoms with Crippen LogP contribution in [0, 0.1) is 12.7 Å². The molecule has 0 saturated carbocycles. The summed E-state index contributed by atoms with van der Waals surface area (Å²) >= 11 is 5.84. The highest BCUT2D eigenvalue weighted by Gasteiger charge is 2.34. The number of carboxylic acids is 1. The van der Waals surface area contributed by atoms with E-state index < -0.39 is 46.4 Å². The van der Waals surface area contributed by atoms with Crippen LogP contribution in [0.3, 0.4) is 0 Å². The van der Waals surface area contributed by atoms with Crippen LogP contribution < -0.4 is 10.3 Å². The molecule has 1 atom stereocenters. The van der Waals surface area contributed by atoms with Crippen molar-refractivity contribution >= 4 is 17.6 Å². The number of hydrogen-bond acceptors (Lipinski definition) is 4. The molecule has 0 bridgehead atoms. The van der Waals surface area contributed by atoms with Gasteiger partial charge in [0.15, 0.2) is 11.9 Å². The predicted molar refractivity (Wildman–Crippen MR) is 86.9 cm³/mol. The molecule has 1 heterocycles. The van der Waals surface area contributed by atoms with Crippen LogP contribution in [-0.2, 0) is 11.0 Å². The molecule has 0 radical (unpaired) electrons. The van der Waals surface area contributed by atoms with Crippen molar-refractivity contribution in [2.24, 2.45) is 0 Å². The molecule has 1 N–H and O–H groups in total. The van der Waals surface area contributed by atoms with Gasteiger partial charge in [-0.25, -0.2) is 9.18 Å². The molecule has 6 nitrogen and oxygen atoms in total. The lowest BCUT2D eigenvalue weighted by Crippen LogP contribution is -2.28. The van der Waals surface area contributed by atoms with Gasteiger partial charge in [0.25, 0.3) is 5.56 Å². The van der Waals surface area contributed by atoms with Gasteiger partial charge in [-0.2, -0.15) is 23.0 Å². The monoisotopic (exact) mass is 408 g/mol. The lowest BCUT2D eigenvalue weighted by Gasteiger charge is -2.16. The molecule has 0 fully saturated rings. The molecule has 27 heavy (non-hydrogen) atoms. The third-order valence-electron chi connectivity index (χ3n) is 3.67. The SMILES string of the molecule is CCC(Oc1cc(-n2ncc(C(F)(F)F)c(C)c2=O)c(F)cc1Cl)C(=O)O. The second-order valence-electron chi connectivity index (χ2n) is 5.48. The van der Waals surface area contributed by atoms with Crippen molar-refractivity contribution in [3.8, 4) is 11.4 Å². The van der Waals surface area contributed by atoms with Crippen molar-refractivity contribution in [3.63, 3.8) is 0 Å². The average Bonchev–Trinajstić information content (AvgIpc) is 2.55. The van der Waals surface area contributed by atoms with Crippen molar-refractivity contribution in [3.05, 3.63) is 50.7 Å². The van der Waals surface area contributed by atoms with Crippen molar-refractivity contribution < 1.29 is 32.2 Å². The van der Waals surface area contributed by atoms with Gasteiger partial charge >= 0.3 is 12.1 Å². The second-order valence-corrected chi connectivity index (χ2v) is 5.89. The maximum atomic E-state index is 14.3. The van der Waals surface area contributed by atoms with Crippen LogP contribution in [0.15, 0.2) is 23.1 Å². The molecule has 0 spiro atoms. The number of aromatic nitrogens is 2. The maximum absolute atomic E-state index is 14.3. The Hall–Kier alpha value is -2.62. The molecule has 2 rings (SSSR count). The van der Waals surface area contributed by atoms with E-state index in [0.717, 1.165) is 19.1 Å². The van der Waals surface area contributed by atoms with Gasteiger partial charge in [-0.15, -0.1) is 0 Å². The van der Waals surface area contributed by atoms with Crippen LogP contribution in [-0.4, -0.2) is 27.0 Å². The smallest absolute Gasteiger partial charge is 0.418 e. The summed E-state index contributed by atoms with van der Waals surface area (Å²) in [7, 11) is 0. The van der Waals surface area contributed by atoms with Crippen LogP contribution in [0.25, 0.3) is 5.69 Å². The van der Waals surface area contributed by atoms with E-state index in [1.54, 1.807) is 0 Å². The molecule has 0 aliphatic rings. The minimum atomic E-state index is -4.79. The fraction of sp³-hybridized carbons (Fsp3) is 0.312. The zero-order valence-electron chi connectivity index (χ0n) is 14.0. The molecule has 146 valence electrons. The van der Waals surface area contributed by atoms with E-state index in [9.17, 15) is 27.2 Å². The summed E-state index contributed by atoms with van der Waals surface area (Å²) in [6.07, 6.45) is -5.62. The molecule has 1 aromatic heterocycles. The topological polar surface area (TPSA) is 81.4 Å². The molecular weight excluding hydrogens is 396 g/mol. The van der Waals surface area contributed by atoms with Gasteiger partial charge in [0.1, 0.15) is 11.4 Å². The number of carbonyl (C=O) groups is 1. The van der Waals surface area contributed by atoms with Crippen LogP contribution in [0.4, 0.5) is 17.6 Å². The van der Waals surface area contributed by atoms with Crippen LogP contribution in [0.5, 0.6) is 5.75 Å². The van der Waals surface area contributed by atoms with Gasteiger partial charge in [-0.1, -0.05) is 18.5 Å². The number of halogens is 5. The van der Waals surface area contributed by atoms with Gasteiger partial charge in [0, 0.05) is 11.6 Å². The Bertz CT molecular complexity index is 943. The molecule has 0 aliphatic carbocycles. The Morgan fingerprint density at radius 3 is 2.56 bits per heavy atom. The Morgan fingerprint density at radius 2 is 2.04 bits per heavy atom. The maximum Gasteiger partial charge on any atom is 0.418 e. The average molecular weight is 409 g/mol. The number of hydrogen-bond donors (Lipinski definition) is 1. The number of aliphatic carboxylic acids is 1. The Morgan fingerprint density at radius 1 is 1.41 bits per heavy atom. The summed E-state index contributed by atoms with van der Waals surface area (Å²) in [5.74, 6) is -2.60. The highest BCUT2D eigenvalue weighted by Crippen LogP contribution is 2.32. The summed E-state index contributed by atoms with van der Waals surface area (Å²) in [6, 6.07) is 1.66. The van der Waals surface area contributed by atoms with E-state index in [-0.39, 0.29) is 17.2 Å². The van der Waals surface area contributed by atoms with E-state index in [1.165, 1.54) is 6.92 Å². The van der Waals surface area contributed by atoms with E-state index >= 15 is 0 Å². The number of ether oxygens (including phenoxy) is 1. The molecule has 0 saturated heterocycles. The molecule has 2 aromatic rings. The minimum absolute atomic E-state index is 0.0654. The Kier molecular flexibility index (Phi) is 5.79. The number of carboxylic acid groups (broad SMARTS) is 1. The Labute approximate surface area is 154 Å². The number of benzene rings is 1. The molecule has 0 aliphatic heterocycles. The van der Waals surface area contributed by atoms with Crippen molar-refractivity contribution in [1.29, 1.82) is 0 Å². The predicted octanol–water partition coefficient (Wildman–Crippen LogP) is 3.59.